The van der Waals surface area contributed by atoms with Crippen LogP contribution in [0.15, 0.2) is 60.7 Å². The number of benzene rings is 2. The summed E-state index contributed by atoms with van der Waals surface area (Å²) in [4.78, 5) is 5.19. The van der Waals surface area contributed by atoms with Crippen molar-refractivity contribution in [2.75, 3.05) is 39.3 Å². The van der Waals surface area contributed by atoms with Gasteiger partial charge in [-0.3, -0.25) is 0 Å². The first-order chi connectivity index (χ1) is 11.9. The van der Waals surface area contributed by atoms with Gasteiger partial charge >= 0.3 is 0 Å². The fourth-order valence-electron chi connectivity index (χ4n) is 3.74. The third-order valence-electron chi connectivity index (χ3n) is 5.28. The molecule has 0 N–H and O–H groups in total. The number of nitrogens with zero attached hydrogens (tertiary/aromatic N) is 2. The van der Waals surface area contributed by atoms with Crippen LogP contribution in [0.2, 0.25) is 0 Å². The van der Waals surface area contributed by atoms with Gasteiger partial charge in [0.25, 0.3) is 0 Å². The Hall–Kier alpha value is -1.64. The maximum absolute atomic E-state index is 2.64. The van der Waals surface area contributed by atoms with Crippen LogP contribution in [0.25, 0.3) is 0 Å². The maximum Gasteiger partial charge on any atom is 0.0110 e. The van der Waals surface area contributed by atoms with Crippen LogP contribution in [0.5, 0.6) is 0 Å². The number of likely N-dealkylation sites (N-methyl/N-ethyl adjacent to an activating group) is 1. The van der Waals surface area contributed by atoms with Gasteiger partial charge in [0.15, 0.2) is 0 Å². The highest BCUT2D eigenvalue weighted by atomic mass is 15.3. The van der Waals surface area contributed by atoms with Crippen molar-refractivity contribution in [3.63, 3.8) is 0 Å². The molecule has 1 saturated heterocycles. The van der Waals surface area contributed by atoms with Crippen LogP contribution < -0.4 is 0 Å². The van der Waals surface area contributed by atoms with Crippen molar-refractivity contribution in [1.29, 1.82) is 0 Å². The fourth-order valence-corrected chi connectivity index (χ4v) is 3.74. The molecule has 1 aliphatic rings. The molecule has 0 saturated carbocycles. The Morgan fingerprint density at radius 1 is 0.750 bits per heavy atom. The number of hydrogen-bond donors (Lipinski definition) is 0. The van der Waals surface area contributed by atoms with E-state index in [9.17, 15) is 0 Å². The number of piperazine rings is 1. The molecule has 1 fully saturated rings. The minimum Gasteiger partial charge on any atom is -0.301 e. The van der Waals surface area contributed by atoms with Crippen LogP contribution >= 0.6 is 0 Å². The molecule has 0 atom stereocenters. The second-order valence-corrected chi connectivity index (χ2v) is 6.79. The van der Waals surface area contributed by atoms with Gasteiger partial charge in [-0.1, -0.05) is 67.6 Å². The van der Waals surface area contributed by atoms with Gasteiger partial charge in [-0.2, -0.15) is 0 Å². The van der Waals surface area contributed by atoms with E-state index >= 15 is 0 Å². The lowest BCUT2D eigenvalue weighted by Crippen LogP contribution is -2.46. The van der Waals surface area contributed by atoms with Gasteiger partial charge in [-0.25, -0.2) is 0 Å². The number of rotatable bonds is 7. The highest BCUT2D eigenvalue weighted by Gasteiger charge is 2.17. The largest absolute Gasteiger partial charge is 0.301 e. The van der Waals surface area contributed by atoms with Gasteiger partial charge in [-0.05, 0) is 37.1 Å². The van der Waals surface area contributed by atoms with Crippen molar-refractivity contribution >= 4 is 0 Å². The van der Waals surface area contributed by atoms with E-state index in [0.717, 1.165) is 0 Å². The molecule has 2 aromatic rings. The molecule has 1 heterocycles. The standard InChI is InChI=1S/C22H30N2/c1-2-23-16-18-24(19-17-23)15-9-14-22(20-10-5-3-6-11-20)21-12-7-4-8-13-21/h3-8,10-13,22H,2,9,14-19H2,1H3. The summed E-state index contributed by atoms with van der Waals surface area (Å²) in [5, 5.41) is 0. The van der Waals surface area contributed by atoms with E-state index in [0.29, 0.717) is 5.92 Å². The molecule has 0 spiro atoms. The summed E-state index contributed by atoms with van der Waals surface area (Å²) in [6.45, 7) is 9.62. The molecule has 2 aromatic carbocycles. The first-order valence-corrected chi connectivity index (χ1v) is 9.41. The second kappa shape index (κ2) is 9.00. The van der Waals surface area contributed by atoms with Crippen molar-refractivity contribution in [2.24, 2.45) is 0 Å². The Morgan fingerprint density at radius 3 is 1.75 bits per heavy atom. The second-order valence-electron chi connectivity index (χ2n) is 6.79. The molecule has 1 aliphatic heterocycles. The van der Waals surface area contributed by atoms with Crippen molar-refractivity contribution in [2.45, 2.75) is 25.7 Å². The van der Waals surface area contributed by atoms with E-state index in [4.69, 9.17) is 0 Å². The number of hydrogen-bond acceptors (Lipinski definition) is 2. The molecule has 0 aromatic heterocycles. The van der Waals surface area contributed by atoms with E-state index < -0.39 is 0 Å². The van der Waals surface area contributed by atoms with Gasteiger partial charge < -0.3 is 9.80 Å². The predicted molar refractivity (Wildman–Crippen MR) is 103 cm³/mol. The lowest BCUT2D eigenvalue weighted by atomic mass is 9.87. The molecule has 0 unspecified atom stereocenters. The van der Waals surface area contributed by atoms with Crippen LogP contribution in [0.1, 0.15) is 36.8 Å². The van der Waals surface area contributed by atoms with Crippen molar-refractivity contribution in [3.8, 4) is 0 Å². The molecule has 24 heavy (non-hydrogen) atoms. The van der Waals surface area contributed by atoms with Crippen LogP contribution in [-0.4, -0.2) is 49.1 Å². The Bertz CT molecular complexity index is 534. The zero-order valence-corrected chi connectivity index (χ0v) is 14.9. The molecule has 128 valence electrons. The SMILES string of the molecule is CCN1CCN(CCCC(c2ccccc2)c2ccccc2)CC1. The smallest absolute Gasteiger partial charge is 0.0110 e. The quantitative estimate of drug-likeness (QED) is 0.752. The first kappa shape index (κ1) is 17.2. The molecule has 3 rings (SSSR count). The average molecular weight is 322 g/mol. The zero-order chi connectivity index (χ0) is 16.6. The third-order valence-corrected chi connectivity index (χ3v) is 5.28. The normalized spacial score (nSPS) is 16.6. The van der Waals surface area contributed by atoms with Crippen LogP contribution in [-0.2, 0) is 0 Å². The topological polar surface area (TPSA) is 6.48 Å². The van der Waals surface area contributed by atoms with E-state index in [-0.39, 0.29) is 0 Å². The van der Waals surface area contributed by atoms with Gasteiger partial charge in [0, 0.05) is 32.1 Å². The molecule has 2 nitrogen and oxygen atoms in total. The summed E-state index contributed by atoms with van der Waals surface area (Å²) in [7, 11) is 0. The van der Waals surface area contributed by atoms with E-state index in [1.54, 1.807) is 0 Å². The van der Waals surface area contributed by atoms with Crippen molar-refractivity contribution in [3.05, 3.63) is 71.8 Å². The average Bonchev–Trinajstić information content (AvgIpc) is 2.67. The van der Waals surface area contributed by atoms with E-state index in [1.165, 1.54) is 63.2 Å². The first-order valence-electron chi connectivity index (χ1n) is 9.41. The van der Waals surface area contributed by atoms with E-state index in [2.05, 4.69) is 77.4 Å². The Morgan fingerprint density at radius 2 is 1.25 bits per heavy atom. The van der Waals surface area contributed by atoms with Crippen molar-refractivity contribution in [1.82, 2.24) is 9.80 Å². The van der Waals surface area contributed by atoms with Crippen LogP contribution in [0, 0.1) is 0 Å². The molecule has 2 heteroatoms. The lowest BCUT2D eigenvalue weighted by Gasteiger charge is -2.34. The maximum atomic E-state index is 2.64. The van der Waals surface area contributed by atoms with Gasteiger partial charge in [0.1, 0.15) is 0 Å². The summed E-state index contributed by atoms with van der Waals surface area (Å²) in [5.74, 6) is 0.518. The molecule has 0 aliphatic carbocycles. The summed E-state index contributed by atoms with van der Waals surface area (Å²) < 4.78 is 0. The van der Waals surface area contributed by atoms with Gasteiger partial charge in [0.05, 0.1) is 0 Å². The Kier molecular flexibility index (Phi) is 6.45. The minimum absolute atomic E-state index is 0.518. The highest BCUT2D eigenvalue weighted by Crippen LogP contribution is 2.29. The monoisotopic (exact) mass is 322 g/mol. The Balaban J connectivity index is 1.57. The van der Waals surface area contributed by atoms with Gasteiger partial charge in [0.2, 0.25) is 0 Å². The summed E-state index contributed by atoms with van der Waals surface area (Å²) in [6, 6.07) is 22.0. The minimum atomic E-state index is 0.518. The third kappa shape index (κ3) is 4.68. The fraction of sp³-hybridized carbons (Fsp3) is 0.455. The molecular weight excluding hydrogens is 292 g/mol. The van der Waals surface area contributed by atoms with Gasteiger partial charge in [-0.15, -0.1) is 0 Å². The predicted octanol–water partition coefficient (Wildman–Crippen LogP) is 4.24. The summed E-state index contributed by atoms with van der Waals surface area (Å²) in [5.41, 5.74) is 2.89. The van der Waals surface area contributed by atoms with Crippen LogP contribution in [0.3, 0.4) is 0 Å². The van der Waals surface area contributed by atoms with E-state index in [1.807, 2.05) is 0 Å². The molecule has 0 radical (unpaired) electrons. The molecule has 0 bridgehead atoms. The van der Waals surface area contributed by atoms with Crippen LogP contribution in [0.4, 0.5) is 0 Å². The lowest BCUT2D eigenvalue weighted by molar-refractivity contribution is 0.135. The summed E-state index contributed by atoms with van der Waals surface area (Å²) in [6.07, 6.45) is 2.49. The Labute approximate surface area is 147 Å². The molecule has 0 amide bonds. The summed E-state index contributed by atoms with van der Waals surface area (Å²) >= 11 is 0. The molecular formula is C22H30N2. The highest BCUT2D eigenvalue weighted by molar-refractivity contribution is 5.32. The van der Waals surface area contributed by atoms with Crippen molar-refractivity contribution < 1.29 is 0 Å². The zero-order valence-electron chi connectivity index (χ0n) is 14.9.